The number of nitrogens with two attached hydrogens (primary N) is 1. The average Bonchev–Trinajstić information content (AvgIpc) is 2.48. The minimum Gasteiger partial charge on any atom is -0.399 e. The molecule has 0 aromatic heterocycles. The first kappa shape index (κ1) is 14.5. The van der Waals surface area contributed by atoms with Gasteiger partial charge in [-0.3, -0.25) is 4.79 Å². The predicted octanol–water partition coefficient (Wildman–Crippen LogP) is 2.99. The second-order valence-electron chi connectivity index (χ2n) is 4.51. The number of hydrogen-bond acceptors (Lipinski definition) is 3. The van der Waals surface area contributed by atoms with Crippen LogP contribution in [0.15, 0.2) is 53.4 Å². The molecule has 2 rings (SSSR count). The van der Waals surface area contributed by atoms with E-state index in [1.54, 1.807) is 0 Å². The fourth-order valence-electron chi connectivity index (χ4n) is 1.81. The Kier molecular flexibility index (Phi) is 5.07. The fraction of sp³-hybridized carbons (Fsp3) is 0.188. The second-order valence-corrected chi connectivity index (χ2v) is 5.56. The number of thioether (sulfide) groups is 1. The summed E-state index contributed by atoms with van der Waals surface area (Å²) in [5, 5.41) is 2.92. The molecule has 3 nitrogen and oxygen atoms in total. The van der Waals surface area contributed by atoms with Gasteiger partial charge in [-0.05, 0) is 36.2 Å². The molecule has 0 spiro atoms. The highest BCUT2D eigenvalue weighted by atomic mass is 32.2. The SMILES string of the molecule is Cc1c(N)cccc1CNC(=O)CSc1ccccc1. The van der Waals surface area contributed by atoms with Crippen LogP contribution in [0.3, 0.4) is 0 Å². The van der Waals surface area contributed by atoms with Crippen LogP contribution in [0, 0.1) is 6.92 Å². The Labute approximate surface area is 123 Å². The van der Waals surface area contributed by atoms with Crippen molar-refractivity contribution in [1.82, 2.24) is 5.32 Å². The maximum atomic E-state index is 11.8. The third kappa shape index (κ3) is 4.03. The molecule has 2 aromatic rings. The van der Waals surface area contributed by atoms with E-state index >= 15 is 0 Å². The van der Waals surface area contributed by atoms with Crippen LogP contribution in [0.2, 0.25) is 0 Å². The number of rotatable bonds is 5. The van der Waals surface area contributed by atoms with E-state index in [4.69, 9.17) is 5.73 Å². The maximum absolute atomic E-state index is 11.8. The van der Waals surface area contributed by atoms with Crippen LogP contribution in [0.25, 0.3) is 0 Å². The van der Waals surface area contributed by atoms with E-state index in [1.165, 1.54) is 11.8 Å². The second kappa shape index (κ2) is 7.01. The van der Waals surface area contributed by atoms with Crippen molar-refractivity contribution in [1.29, 1.82) is 0 Å². The number of nitrogen functional groups attached to an aromatic ring is 1. The number of carbonyl (C=O) groups excluding carboxylic acids is 1. The number of nitrogens with one attached hydrogen (secondary N) is 1. The van der Waals surface area contributed by atoms with Gasteiger partial charge in [0.15, 0.2) is 0 Å². The molecule has 0 radical (unpaired) electrons. The smallest absolute Gasteiger partial charge is 0.230 e. The summed E-state index contributed by atoms with van der Waals surface area (Å²) in [4.78, 5) is 12.9. The van der Waals surface area contributed by atoms with Crippen LogP contribution in [0.5, 0.6) is 0 Å². The molecule has 0 bridgehead atoms. The molecule has 0 saturated heterocycles. The van der Waals surface area contributed by atoms with Crippen LogP contribution >= 0.6 is 11.8 Å². The topological polar surface area (TPSA) is 55.1 Å². The van der Waals surface area contributed by atoms with Crippen LogP contribution in [-0.2, 0) is 11.3 Å². The molecule has 0 fully saturated rings. The lowest BCUT2D eigenvalue weighted by Crippen LogP contribution is -2.25. The molecule has 4 heteroatoms. The van der Waals surface area contributed by atoms with E-state index in [9.17, 15) is 4.79 Å². The molecule has 1 amide bonds. The van der Waals surface area contributed by atoms with E-state index in [-0.39, 0.29) is 5.91 Å². The van der Waals surface area contributed by atoms with Crippen molar-refractivity contribution < 1.29 is 4.79 Å². The molecule has 3 N–H and O–H groups in total. The summed E-state index contributed by atoms with van der Waals surface area (Å²) >= 11 is 1.53. The standard InChI is InChI=1S/C16H18N2OS/c1-12-13(6-5-9-15(12)17)10-18-16(19)11-20-14-7-3-2-4-8-14/h2-9H,10-11,17H2,1H3,(H,18,19). The van der Waals surface area contributed by atoms with E-state index < -0.39 is 0 Å². The fourth-order valence-corrected chi connectivity index (χ4v) is 2.55. The lowest BCUT2D eigenvalue weighted by atomic mass is 10.1. The molecule has 0 saturated carbocycles. The highest BCUT2D eigenvalue weighted by molar-refractivity contribution is 8.00. The Hall–Kier alpha value is -1.94. The van der Waals surface area contributed by atoms with Crippen LogP contribution in [-0.4, -0.2) is 11.7 Å². The third-order valence-corrected chi connectivity index (χ3v) is 4.09. The molecule has 0 aliphatic rings. The lowest BCUT2D eigenvalue weighted by Gasteiger charge is -2.09. The van der Waals surface area contributed by atoms with Gasteiger partial charge in [0, 0.05) is 17.1 Å². The van der Waals surface area contributed by atoms with Crippen molar-refractivity contribution in [2.45, 2.75) is 18.4 Å². The number of benzene rings is 2. The van der Waals surface area contributed by atoms with Crippen molar-refractivity contribution in [2.75, 3.05) is 11.5 Å². The third-order valence-electron chi connectivity index (χ3n) is 3.08. The molecule has 0 aliphatic heterocycles. The zero-order valence-corrected chi connectivity index (χ0v) is 12.2. The molecule has 20 heavy (non-hydrogen) atoms. The van der Waals surface area contributed by atoms with Crippen molar-refractivity contribution in [3.63, 3.8) is 0 Å². The van der Waals surface area contributed by atoms with Gasteiger partial charge in [0.2, 0.25) is 5.91 Å². The average molecular weight is 286 g/mol. The zero-order valence-electron chi connectivity index (χ0n) is 11.4. The summed E-state index contributed by atoms with van der Waals surface area (Å²) in [6.45, 7) is 2.49. The summed E-state index contributed by atoms with van der Waals surface area (Å²) in [7, 11) is 0. The van der Waals surface area contributed by atoms with Gasteiger partial charge in [-0.1, -0.05) is 30.3 Å². The van der Waals surface area contributed by atoms with Gasteiger partial charge in [0.25, 0.3) is 0 Å². The zero-order chi connectivity index (χ0) is 14.4. The normalized spacial score (nSPS) is 10.2. The van der Waals surface area contributed by atoms with Crippen molar-refractivity contribution >= 4 is 23.4 Å². The van der Waals surface area contributed by atoms with Crippen molar-refractivity contribution in [3.05, 3.63) is 59.7 Å². The van der Waals surface area contributed by atoms with Crippen LogP contribution < -0.4 is 11.1 Å². The van der Waals surface area contributed by atoms with E-state index in [1.807, 2.05) is 55.5 Å². The first-order valence-electron chi connectivity index (χ1n) is 6.45. The number of anilines is 1. The minimum atomic E-state index is 0.0284. The van der Waals surface area contributed by atoms with Gasteiger partial charge in [0.05, 0.1) is 5.75 Å². The minimum absolute atomic E-state index is 0.0284. The van der Waals surface area contributed by atoms with E-state index in [0.29, 0.717) is 12.3 Å². The number of carbonyl (C=O) groups is 1. The molecule has 0 aliphatic carbocycles. The van der Waals surface area contributed by atoms with Crippen LogP contribution in [0.4, 0.5) is 5.69 Å². The lowest BCUT2D eigenvalue weighted by molar-refractivity contribution is -0.118. The summed E-state index contributed by atoms with van der Waals surface area (Å²) in [6, 6.07) is 15.7. The molecule has 0 unspecified atom stereocenters. The van der Waals surface area contributed by atoms with Gasteiger partial charge in [-0.2, -0.15) is 0 Å². The quantitative estimate of drug-likeness (QED) is 0.656. The molecule has 0 atom stereocenters. The Bertz CT molecular complexity index is 584. The largest absolute Gasteiger partial charge is 0.399 e. The van der Waals surface area contributed by atoms with Crippen LogP contribution in [0.1, 0.15) is 11.1 Å². The number of hydrogen-bond donors (Lipinski definition) is 2. The Morgan fingerprint density at radius 3 is 2.65 bits per heavy atom. The van der Waals surface area contributed by atoms with Gasteiger partial charge in [-0.15, -0.1) is 11.8 Å². The molecular formula is C16H18N2OS. The summed E-state index contributed by atoms with van der Waals surface area (Å²) in [5.41, 5.74) is 8.69. The van der Waals surface area contributed by atoms with Gasteiger partial charge >= 0.3 is 0 Å². The maximum Gasteiger partial charge on any atom is 0.230 e. The van der Waals surface area contributed by atoms with Crippen molar-refractivity contribution in [2.24, 2.45) is 0 Å². The van der Waals surface area contributed by atoms with Gasteiger partial charge in [-0.25, -0.2) is 0 Å². The van der Waals surface area contributed by atoms with E-state index in [0.717, 1.165) is 21.7 Å². The Morgan fingerprint density at radius 1 is 1.15 bits per heavy atom. The Balaban J connectivity index is 1.82. The first-order valence-corrected chi connectivity index (χ1v) is 7.44. The molecular weight excluding hydrogens is 268 g/mol. The van der Waals surface area contributed by atoms with Gasteiger partial charge < -0.3 is 11.1 Å². The summed E-state index contributed by atoms with van der Waals surface area (Å²) in [6.07, 6.45) is 0. The first-order chi connectivity index (χ1) is 9.66. The molecule has 2 aromatic carbocycles. The van der Waals surface area contributed by atoms with E-state index in [2.05, 4.69) is 5.32 Å². The summed E-state index contributed by atoms with van der Waals surface area (Å²) in [5.74, 6) is 0.450. The predicted molar refractivity (Wildman–Crippen MR) is 84.6 cm³/mol. The molecule has 0 heterocycles. The summed E-state index contributed by atoms with van der Waals surface area (Å²) < 4.78 is 0. The molecule has 104 valence electrons. The Morgan fingerprint density at radius 2 is 1.90 bits per heavy atom. The monoisotopic (exact) mass is 286 g/mol. The van der Waals surface area contributed by atoms with Gasteiger partial charge in [0.1, 0.15) is 0 Å². The van der Waals surface area contributed by atoms with Crippen molar-refractivity contribution in [3.8, 4) is 0 Å². The number of amides is 1. The highest BCUT2D eigenvalue weighted by Crippen LogP contribution is 2.17. The highest BCUT2D eigenvalue weighted by Gasteiger charge is 2.05.